The van der Waals surface area contributed by atoms with E-state index in [1.165, 1.54) is 17.2 Å². The number of fused-ring (bicyclic) bond motifs is 1. The fourth-order valence-electron chi connectivity index (χ4n) is 2.62. The number of aliphatic hydroxyl groups excluding tert-OH is 1. The molecule has 1 aliphatic heterocycles. The van der Waals surface area contributed by atoms with E-state index in [9.17, 15) is 4.39 Å². The minimum absolute atomic E-state index is 0.266. The standard InChI is InChI=1S/C11H15NO.C8H8BrFO.C2H6/c13-8-7-12-6-5-10-3-1-2-4-11(10)9-12;1-2-11-6-3-4-7(9)8(10)5-6;1-2/h1-4,13H,5-9H2;3-5H,2H2,1H3;1-2H3. The molecule has 0 aromatic heterocycles. The Morgan fingerprint density at radius 3 is 2.46 bits per heavy atom. The van der Waals surface area contributed by atoms with E-state index in [0.29, 0.717) is 16.8 Å². The van der Waals surface area contributed by atoms with Crippen LogP contribution in [-0.2, 0) is 13.0 Å². The van der Waals surface area contributed by atoms with Gasteiger partial charge in [-0.3, -0.25) is 4.90 Å². The molecule has 2 aromatic carbocycles. The van der Waals surface area contributed by atoms with Gasteiger partial charge in [-0.05, 0) is 52.5 Å². The molecule has 5 heteroatoms. The lowest BCUT2D eigenvalue weighted by Gasteiger charge is -2.27. The van der Waals surface area contributed by atoms with Gasteiger partial charge < -0.3 is 9.84 Å². The van der Waals surface area contributed by atoms with Crippen LogP contribution in [0, 0.1) is 5.82 Å². The van der Waals surface area contributed by atoms with Crippen molar-refractivity contribution in [2.45, 2.75) is 33.7 Å². The molecule has 0 spiro atoms. The zero-order valence-corrected chi connectivity index (χ0v) is 17.4. The third-order valence-electron chi connectivity index (χ3n) is 3.83. The molecule has 0 unspecified atom stereocenters. The molecule has 0 aliphatic carbocycles. The van der Waals surface area contributed by atoms with Gasteiger partial charge in [0.2, 0.25) is 0 Å². The van der Waals surface area contributed by atoms with Crippen molar-refractivity contribution in [3.05, 3.63) is 63.9 Å². The first-order valence-corrected chi connectivity index (χ1v) is 9.91. The van der Waals surface area contributed by atoms with Crippen molar-refractivity contribution in [2.75, 3.05) is 26.3 Å². The second-order valence-electron chi connectivity index (χ2n) is 5.53. The van der Waals surface area contributed by atoms with Crippen LogP contribution in [0.5, 0.6) is 5.75 Å². The third kappa shape index (κ3) is 7.44. The molecule has 2 aromatic rings. The van der Waals surface area contributed by atoms with Crippen LogP contribution in [0.25, 0.3) is 0 Å². The molecule has 144 valence electrons. The summed E-state index contributed by atoms with van der Waals surface area (Å²) in [5, 5.41) is 8.82. The van der Waals surface area contributed by atoms with Crippen LogP contribution in [0.4, 0.5) is 4.39 Å². The van der Waals surface area contributed by atoms with Gasteiger partial charge >= 0.3 is 0 Å². The van der Waals surface area contributed by atoms with Gasteiger partial charge in [-0.1, -0.05) is 38.1 Å². The van der Waals surface area contributed by atoms with Gasteiger partial charge in [-0.15, -0.1) is 0 Å². The first-order valence-electron chi connectivity index (χ1n) is 9.12. The molecule has 0 radical (unpaired) electrons. The Balaban J connectivity index is 0.000000241. The summed E-state index contributed by atoms with van der Waals surface area (Å²) in [6.45, 7) is 9.56. The molecular weight excluding hydrogens is 397 g/mol. The molecule has 0 atom stereocenters. The summed E-state index contributed by atoms with van der Waals surface area (Å²) >= 11 is 3.05. The van der Waals surface area contributed by atoms with Crippen molar-refractivity contribution in [1.29, 1.82) is 0 Å². The maximum atomic E-state index is 12.8. The molecule has 1 aliphatic rings. The van der Waals surface area contributed by atoms with Gasteiger partial charge in [0.15, 0.2) is 0 Å². The number of halogens is 2. The molecule has 3 nitrogen and oxygen atoms in total. The molecule has 0 saturated carbocycles. The summed E-state index contributed by atoms with van der Waals surface area (Å²) in [4.78, 5) is 2.29. The molecule has 0 saturated heterocycles. The molecule has 0 fully saturated rings. The van der Waals surface area contributed by atoms with Crippen molar-refractivity contribution < 1.29 is 14.2 Å². The lowest BCUT2D eigenvalue weighted by atomic mass is 10.0. The summed E-state index contributed by atoms with van der Waals surface area (Å²) in [5.41, 5.74) is 2.89. The zero-order valence-electron chi connectivity index (χ0n) is 15.8. The van der Waals surface area contributed by atoms with Gasteiger partial charge in [0.05, 0.1) is 17.7 Å². The highest BCUT2D eigenvalue weighted by Crippen LogP contribution is 2.20. The number of β-amino-alcohol motifs (C(OH)–C–C–N with tert-alkyl or cyclic N) is 1. The smallest absolute Gasteiger partial charge is 0.141 e. The first-order chi connectivity index (χ1) is 12.6. The highest BCUT2D eigenvalue weighted by molar-refractivity contribution is 9.10. The van der Waals surface area contributed by atoms with E-state index in [4.69, 9.17) is 9.84 Å². The number of hydrogen-bond donors (Lipinski definition) is 1. The normalized spacial score (nSPS) is 12.8. The maximum Gasteiger partial charge on any atom is 0.141 e. The van der Waals surface area contributed by atoms with Crippen molar-refractivity contribution in [3.63, 3.8) is 0 Å². The van der Waals surface area contributed by atoms with Gasteiger partial charge in [-0.25, -0.2) is 4.39 Å². The number of rotatable bonds is 4. The third-order valence-corrected chi connectivity index (χ3v) is 4.47. The highest BCUT2D eigenvalue weighted by Gasteiger charge is 2.14. The quantitative estimate of drug-likeness (QED) is 0.743. The number of nitrogens with zero attached hydrogens (tertiary/aromatic N) is 1. The molecule has 0 amide bonds. The Morgan fingerprint density at radius 1 is 1.15 bits per heavy atom. The molecule has 1 heterocycles. The lowest BCUT2D eigenvalue weighted by Crippen LogP contribution is -2.32. The Kier molecular flexibility index (Phi) is 11.2. The van der Waals surface area contributed by atoms with Crippen LogP contribution >= 0.6 is 15.9 Å². The van der Waals surface area contributed by atoms with Crippen LogP contribution in [0.15, 0.2) is 46.9 Å². The van der Waals surface area contributed by atoms with Crippen LogP contribution in [0.1, 0.15) is 31.9 Å². The van der Waals surface area contributed by atoms with Crippen LogP contribution in [0.3, 0.4) is 0 Å². The van der Waals surface area contributed by atoms with E-state index in [1.54, 1.807) is 12.1 Å². The minimum Gasteiger partial charge on any atom is -0.494 e. The first kappa shape index (κ1) is 22.6. The molecule has 1 N–H and O–H groups in total. The Labute approximate surface area is 164 Å². The van der Waals surface area contributed by atoms with Crippen LogP contribution in [-0.4, -0.2) is 36.3 Å². The fourth-order valence-corrected chi connectivity index (χ4v) is 2.87. The molecule has 0 bridgehead atoms. The summed E-state index contributed by atoms with van der Waals surface area (Å²) in [6.07, 6.45) is 1.12. The van der Waals surface area contributed by atoms with E-state index in [2.05, 4.69) is 45.1 Å². The second-order valence-corrected chi connectivity index (χ2v) is 6.38. The zero-order chi connectivity index (χ0) is 19.4. The highest BCUT2D eigenvalue weighted by atomic mass is 79.9. The van der Waals surface area contributed by atoms with Gasteiger partial charge in [-0.2, -0.15) is 0 Å². The van der Waals surface area contributed by atoms with E-state index in [-0.39, 0.29) is 12.4 Å². The molecule has 26 heavy (non-hydrogen) atoms. The van der Waals surface area contributed by atoms with Crippen molar-refractivity contribution in [3.8, 4) is 5.75 Å². The largest absolute Gasteiger partial charge is 0.494 e. The summed E-state index contributed by atoms with van der Waals surface area (Å²) < 4.78 is 18.3. The number of aliphatic hydroxyl groups is 1. The van der Waals surface area contributed by atoms with Gasteiger partial charge in [0.1, 0.15) is 11.6 Å². The minimum atomic E-state index is -0.295. The monoisotopic (exact) mass is 425 g/mol. The number of benzene rings is 2. The average Bonchev–Trinajstić information content (AvgIpc) is 2.67. The van der Waals surface area contributed by atoms with Crippen LogP contribution in [0.2, 0.25) is 0 Å². The summed E-state index contributed by atoms with van der Waals surface area (Å²) in [6, 6.07) is 13.3. The molecule has 3 rings (SSSR count). The topological polar surface area (TPSA) is 32.7 Å². The summed E-state index contributed by atoms with van der Waals surface area (Å²) in [5.74, 6) is 0.268. The van der Waals surface area contributed by atoms with E-state index in [0.717, 1.165) is 26.1 Å². The van der Waals surface area contributed by atoms with Crippen molar-refractivity contribution in [2.24, 2.45) is 0 Å². The predicted octanol–water partition coefficient (Wildman–Crippen LogP) is 5.05. The van der Waals surface area contributed by atoms with Gasteiger partial charge in [0, 0.05) is 25.7 Å². The predicted molar refractivity (Wildman–Crippen MR) is 109 cm³/mol. The average molecular weight is 426 g/mol. The van der Waals surface area contributed by atoms with Crippen LogP contribution < -0.4 is 4.74 Å². The maximum absolute atomic E-state index is 12.8. The molecular formula is C21H29BrFNO2. The fraction of sp³-hybridized carbons (Fsp3) is 0.429. The van der Waals surface area contributed by atoms with Gasteiger partial charge in [0.25, 0.3) is 0 Å². The summed E-state index contributed by atoms with van der Waals surface area (Å²) in [7, 11) is 0. The second kappa shape index (κ2) is 12.8. The lowest BCUT2D eigenvalue weighted by molar-refractivity contribution is 0.184. The van der Waals surface area contributed by atoms with E-state index < -0.39 is 0 Å². The Hall–Kier alpha value is -1.43. The van der Waals surface area contributed by atoms with E-state index >= 15 is 0 Å². The Bertz CT molecular complexity index is 652. The Morgan fingerprint density at radius 2 is 1.85 bits per heavy atom. The number of hydrogen-bond acceptors (Lipinski definition) is 3. The number of ether oxygens (including phenoxy) is 1. The van der Waals surface area contributed by atoms with E-state index in [1.807, 2.05) is 20.8 Å². The van der Waals surface area contributed by atoms with Crippen molar-refractivity contribution in [1.82, 2.24) is 4.90 Å². The van der Waals surface area contributed by atoms with Crippen molar-refractivity contribution >= 4 is 15.9 Å². The SMILES string of the molecule is CC.CCOc1ccc(Br)c(F)c1.OCCN1CCc2ccccc2C1.